The molecule has 3 N–H and O–H groups in total. The van der Waals surface area contributed by atoms with Crippen LogP contribution in [0.3, 0.4) is 0 Å². The topological polar surface area (TPSA) is 118 Å². The van der Waals surface area contributed by atoms with E-state index in [0.717, 1.165) is 4.47 Å². The zero-order valence-electron chi connectivity index (χ0n) is 18.0. The molecule has 0 bridgehead atoms. The Kier molecular flexibility index (Phi) is 8.20. The van der Waals surface area contributed by atoms with Crippen molar-refractivity contribution in [1.29, 1.82) is 0 Å². The van der Waals surface area contributed by atoms with Gasteiger partial charge in [0.15, 0.2) is 5.03 Å². The van der Waals surface area contributed by atoms with Gasteiger partial charge in [0.05, 0.1) is 10.9 Å². The van der Waals surface area contributed by atoms with Crippen molar-refractivity contribution in [3.05, 3.63) is 76.9 Å². The Labute approximate surface area is 201 Å². The monoisotopic (exact) mass is 533 g/mol. The predicted molar refractivity (Wildman–Crippen MR) is 126 cm³/mol. The molecule has 1 heterocycles. The van der Waals surface area contributed by atoms with Crippen molar-refractivity contribution in [3.63, 3.8) is 0 Å². The number of pyridine rings is 1. The average Bonchev–Trinajstić information content (AvgIpc) is 2.81. The molecule has 1 aromatic heterocycles. The van der Waals surface area contributed by atoms with Crippen LogP contribution >= 0.6 is 15.9 Å². The van der Waals surface area contributed by atoms with Gasteiger partial charge in [-0.2, -0.15) is 0 Å². The minimum atomic E-state index is -3.92. The highest BCUT2D eigenvalue weighted by Crippen LogP contribution is 2.27. The molecule has 1 atom stereocenters. The number of hydrogen-bond acceptors (Lipinski definition) is 7. The Balaban J connectivity index is 1.81. The number of carbonyl (C=O) groups excluding carboxylic acids is 1. The third-order valence-corrected chi connectivity index (χ3v) is 7.16. The number of hydroxylamine groups is 1. The second-order valence-electron chi connectivity index (χ2n) is 7.58. The maximum absolute atomic E-state index is 13.3. The number of benzene rings is 2. The van der Waals surface area contributed by atoms with Crippen LogP contribution in [0.15, 0.2) is 81.3 Å². The zero-order chi connectivity index (χ0) is 24.0. The molecule has 174 valence electrons. The number of amides is 1. The molecule has 1 amide bonds. The number of carbonyl (C=O) groups is 1. The van der Waals surface area contributed by atoms with E-state index in [-0.39, 0.29) is 22.4 Å². The van der Waals surface area contributed by atoms with Gasteiger partial charge in [-0.1, -0.05) is 35.8 Å². The van der Waals surface area contributed by atoms with Gasteiger partial charge in [0.1, 0.15) is 11.5 Å². The lowest BCUT2D eigenvalue weighted by atomic mass is 10.0. The van der Waals surface area contributed by atoms with Crippen LogP contribution in [0.1, 0.15) is 19.4 Å². The number of nitrogens with zero attached hydrogens (tertiary/aromatic N) is 1. The van der Waals surface area contributed by atoms with Crippen LogP contribution in [-0.4, -0.2) is 30.6 Å². The summed E-state index contributed by atoms with van der Waals surface area (Å²) in [5.74, 6) is 0.388. The Hall–Kier alpha value is -2.79. The van der Waals surface area contributed by atoms with Crippen molar-refractivity contribution >= 4 is 31.7 Å². The summed E-state index contributed by atoms with van der Waals surface area (Å²) in [7, 11) is -3.92. The lowest BCUT2D eigenvalue weighted by Crippen LogP contribution is -2.46. The van der Waals surface area contributed by atoms with E-state index in [1.54, 1.807) is 41.9 Å². The first-order chi connectivity index (χ1) is 15.7. The van der Waals surface area contributed by atoms with Gasteiger partial charge in [0.2, 0.25) is 9.84 Å². The molecule has 0 saturated carbocycles. The Bertz CT molecular complexity index is 1200. The quantitative estimate of drug-likeness (QED) is 0.280. The Morgan fingerprint density at radius 2 is 1.67 bits per heavy atom. The fourth-order valence-electron chi connectivity index (χ4n) is 3.16. The number of halogens is 1. The SMILES string of the molecule is CC(C)[C@@H](NCc1cccnc1S(=O)(=O)c1ccc(Oc2ccc(Br)cc2)cc1)C(=O)NO. The lowest BCUT2D eigenvalue weighted by Gasteiger charge is -2.20. The zero-order valence-corrected chi connectivity index (χ0v) is 20.4. The average molecular weight is 534 g/mol. The van der Waals surface area contributed by atoms with Crippen LogP contribution in [0.25, 0.3) is 0 Å². The molecule has 33 heavy (non-hydrogen) atoms. The molecule has 0 aliphatic carbocycles. The van der Waals surface area contributed by atoms with Crippen molar-refractivity contribution in [2.45, 2.75) is 36.4 Å². The van der Waals surface area contributed by atoms with Crippen LogP contribution in [-0.2, 0) is 21.2 Å². The number of rotatable bonds is 9. The van der Waals surface area contributed by atoms with Crippen molar-refractivity contribution in [2.75, 3.05) is 0 Å². The molecular weight excluding hydrogens is 510 g/mol. The Morgan fingerprint density at radius 1 is 1.06 bits per heavy atom. The number of sulfone groups is 1. The summed E-state index contributed by atoms with van der Waals surface area (Å²) in [6.45, 7) is 3.70. The highest BCUT2D eigenvalue weighted by atomic mass is 79.9. The largest absolute Gasteiger partial charge is 0.457 e. The highest BCUT2D eigenvalue weighted by Gasteiger charge is 2.25. The standard InChI is InChI=1S/C23H24BrN3O5S/c1-15(2)21(22(28)27-29)26-14-16-4-3-13-25-23(16)33(30,31)20-11-9-19(10-12-20)32-18-7-5-17(24)6-8-18/h3-13,15,21,26,29H,14H2,1-2H3,(H,27,28)/t21-/m1/s1. The fourth-order valence-corrected chi connectivity index (χ4v) is 4.83. The van der Waals surface area contributed by atoms with Gasteiger partial charge in [-0.05, 0) is 60.5 Å². The van der Waals surface area contributed by atoms with Crippen molar-refractivity contribution < 1.29 is 23.2 Å². The number of hydrogen-bond donors (Lipinski definition) is 3. The van der Waals surface area contributed by atoms with Crippen LogP contribution in [0.5, 0.6) is 11.5 Å². The first kappa shape index (κ1) is 24.8. The third kappa shape index (κ3) is 6.17. The van der Waals surface area contributed by atoms with Gasteiger partial charge in [-0.15, -0.1) is 0 Å². The van der Waals surface area contributed by atoms with Crippen molar-refractivity contribution in [1.82, 2.24) is 15.8 Å². The molecule has 2 aromatic carbocycles. The molecule has 0 fully saturated rings. The fraction of sp³-hybridized carbons (Fsp3) is 0.217. The van der Waals surface area contributed by atoms with Gasteiger partial charge < -0.3 is 10.1 Å². The van der Waals surface area contributed by atoms with E-state index >= 15 is 0 Å². The normalized spacial score (nSPS) is 12.4. The second-order valence-corrected chi connectivity index (χ2v) is 10.4. The van der Waals surface area contributed by atoms with Crippen LogP contribution < -0.4 is 15.5 Å². The van der Waals surface area contributed by atoms with Crippen LogP contribution in [0.2, 0.25) is 0 Å². The molecule has 0 unspecified atom stereocenters. The van der Waals surface area contributed by atoms with E-state index < -0.39 is 21.8 Å². The van der Waals surface area contributed by atoms with Gasteiger partial charge in [0.25, 0.3) is 5.91 Å². The molecular formula is C23H24BrN3O5S. The first-order valence-corrected chi connectivity index (χ1v) is 12.4. The molecule has 3 rings (SSSR count). The minimum Gasteiger partial charge on any atom is -0.457 e. The van der Waals surface area contributed by atoms with E-state index in [9.17, 15) is 13.2 Å². The van der Waals surface area contributed by atoms with Crippen LogP contribution in [0.4, 0.5) is 0 Å². The van der Waals surface area contributed by atoms with Crippen molar-refractivity contribution in [3.8, 4) is 11.5 Å². The smallest absolute Gasteiger partial charge is 0.260 e. The molecule has 0 aliphatic heterocycles. The van der Waals surface area contributed by atoms with E-state index in [1.807, 2.05) is 26.0 Å². The molecule has 0 aliphatic rings. The highest BCUT2D eigenvalue weighted by molar-refractivity contribution is 9.10. The van der Waals surface area contributed by atoms with Gasteiger partial charge in [-0.3, -0.25) is 10.0 Å². The molecule has 0 radical (unpaired) electrons. The number of aromatic nitrogens is 1. The summed E-state index contributed by atoms with van der Waals surface area (Å²) in [6, 6.07) is 15.9. The van der Waals surface area contributed by atoms with E-state index in [4.69, 9.17) is 9.94 Å². The summed E-state index contributed by atoms with van der Waals surface area (Å²) < 4.78 is 33.2. The number of ether oxygens (including phenoxy) is 1. The maximum atomic E-state index is 13.3. The Morgan fingerprint density at radius 3 is 2.24 bits per heavy atom. The summed E-state index contributed by atoms with van der Waals surface area (Å²) in [5, 5.41) is 11.8. The molecule has 0 saturated heterocycles. The minimum absolute atomic E-state index is 0.0686. The summed E-state index contributed by atoms with van der Waals surface area (Å²) >= 11 is 3.36. The second kappa shape index (κ2) is 10.9. The lowest BCUT2D eigenvalue weighted by molar-refractivity contribution is -0.132. The molecule has 3 aromatic rings. The van der Waals surface area contributed by atoms with E-state index in [0.29, 0.717) is 17.1 Å². The summed E-state index contributed by atoms with van der Waals surface area (Å²) in [6.07, 6.45) is 1.40. The molecule has 8 nitrogen and oxygen atoms in total. The van der Waals surface area contributed by atoms with E-state index in [2.05, 4.69) is 26.2 Å². The number of nitrogens with one attached hydrogen (secondary N) is 2. The van der Waals surface area contributed by atoms with Gasteiger partial charge in [0, 0.05) is 22.8 Å². The predicted octanol–water partition coefficient (Wildman–Crippen LogP) is 4.09. The van der Waals surface area contributed by atoms with Crippen LogP contribution in [0, 0.1) is 5.92 Å². The maximum Gasteiger partial charge on any atom is 0.260 e. The van der Waals surface area contributed by atoms with Crippen molar-refractivity contribution in [2.24, 2.45) is 5.92 Å². The molecule has 0 spiro atoms. The van der Waals surface area contributed by atoms with E-state index in [1.165, 1.54) is 18.3 Å². The third-order valence-electron chi connectivity index (χ3n) is 4.86. The molecule has 10 heteroatoms. The van der Waals surface area contributed by atoms with Gasteiger partial charge >= 0.3 is 0 Å². The first-order valence-electron chi connectivity index (χ1n) is 10.1. The van der Waals surface area contributed by atoms with Gasteiger partial charge in [-0.25, -0.2) is 18.9 Å². The summed E-state index contributed by atoms with van der Waals surface area (Å²) in [5.41, 5.74) is 2.04. The summed E-state index contributed by atoms with van der Waals surface area (Å²) in [4.78, 5) is 16.1.